The van der Waals surface area contributed by atoms with E-state index in [1.807, 2.05) is 0 Å². The van der Waals surface area contributed by atoms with E-state index in [9.17, 15) is 0 Å². The van der Waals surface area contributed by atoms with Crippen LogP contribution < -0.4 is 0 Å². The van der Waals surface area contributed by atoms with Crippen LogP contribution in [-0.4, -0.2) is 24.0 Å². The molecule has 1 aliphatic rings. The van der Waals surface area contributed by atoms with Crippen molar-refractivity contribution < 1.29 is 0 Å². The third-order valence-corrected chi connectivity index (χ3v) is 3.33. The van der Waals surface area contributed by atoms with Gasteiger partial charge in [-0.25, -0.2) is 0 Å². The van der Waals surface area contributed by atoms with Gasteiger partial charge in [-0.3, -0.25) is 0 Å². The summed E-state index contributed by atoms with van der Waals surface area (Å²) in [5.74, 6) is 0.874. The first kappa shape index (κ1) is 10.8. The van der Waals surface area contributed by atoms with Crippen molar-refractivity contribution in [2.45, 2.75) is 46.1 Å². The van der Waals surface area contributed by atoms with E-state index in [0.29, 0.717) is 0 Å². The van der Waals surface area contributed by atoms with Crippen LogP contribution in [0.15, 0.2) is 12.2 Å². The van der Waals surface area contributed by atoms with E-state index in [4.69, 9.17) is 0 Å². The van der Waals surface area contributed by atoms with Crippen LogP contribution >= 0.6 is 0 Å². The Morgan fingerprint density at radius 3 is 2.77 bits per heavy atom. The highest BCUT2D eigenvalue weighted by Crippen LogP contribution is 2.23. The number of hydrogen-bond donors (Lipinski definition) is 0. The summed E-state index contributed by atoms with van der Waals surface area (Å²) >= 11 is 0. The van der Waals surface area contributed by atoms with Crippen molar-refractivity contribution in [3.63, 3.8) is 0 Å². The fourth-order valence-electron chi connectivity index (χ4n) is 2.07. The molecule has 0 spiro atoms. The minimum atomic E-state index is 0.771. The predicted octanol–water partition coefficient (Wildman–Crippen LogP) is 3.07. The normalized spacial score (nSPS) is 30.4. The van der Waals surface area contributed by atoms with Gasteiger partial charge in [0.15, 0.2) is 0 Å². The lowest BCUT2D eigenvalue weighted by Gasteiger charge is -2.38. The van der Waals surface area contributed by atoms with Crippen molar-refractivity contribution in [2.75, 3.05) is 13.1 Å². The Hall–Kier alpha value is -0.300. The third kappa shape index (κ3) is 3.15. The average Bonchev–Trinajstić information content (AvgIpc) is 2.07. The van der Waals surface area contributed by atoms with Crippen LogP contribution in [0.5, 0.6) is 0 Å². The molecule has 1 heterocycles. The Kier molecular flexibility index (Phi) is 3.98. The van der Waals surface area contributed by atoms with Crippen molar-refractivity contribution in [2.24, 2.45) is 5.92 Å². The first-order chi connectivity index (χ1) is 6.11. The average molecular weight is 181 g/mol. The minimum absolute atomic E-state index is 0.771. The molecule has 0 aromatic rings. The van der Waals surface area contributed by atoms with E-state index in [0.717, 1.165) is 18.4 Å². The summed E-state index contributed by atoms with van der Waals surface area (Å²) in [5, 5.41) is 0. The standard InChI is InChI=1S/C12H23N/c1-10(2)7-9-13-8-5-6-11(3)12(13)4/h11-12H,1,5-9H2,2-4H3. The Morgan fingerprint density at radius 1 is 1.46 bits per heavy atom. The zero-order chi connectivity index (χ0) is 9.84. The lowest BCUT2D eigenvalue weighted by atomic mass is 9.92. The summed E-state index contributed by atoms with van der Waals surface area (Å²) < 4.78 is 0. The number of piperidine rings is 1. The number of nitrogens with zero attached hydrogens (tertiary/aromatic N) is 1. The topological polar surface area (TPSA) is 3.24 Å². The van der Waals surface area contributed by atoms with Gasteiger partial charge in [-0.05, 0) is 45.6 Å². The van der Waals surface area contributed by atoms with Gasteiger partial charge >= 0.3 is 0 Å². The van der Waals surface area contributed by atoms with E-state index in [2.05, 4.69) is 32.3 Å². The first-order valence-corrected chi connectivity index (χ1v) is 5.49. The molecule has 2 unspecified atom stereocenters. The smallest absolute Gasteiger partial charge is 0.00926 e. The van der Waals surface area contributed by atoms with Crippen LogP contribution in [0.1, 0.15) is 40.0 Å². The summed E-state index contributed by atoms with van der Waals surface area (Å²) in [6.07, 6.45) is 3.95. The molecule has 76 valence electrons. The summed E-state index contributed by atoms with van der Waals surface area (Å²) in [6, 6.07) is 0.771. The molecule has 0 amide bonds. The Morgan fingerprint density at radius 2 is 2.15 bits per heavy atom. The maximum atomic E-state index is 3.96. The van der Waals surface area contributed by atoms with Crippen LogP contribution in [0.25, 0.3) is 0 Å². The van der Waals surface area contributed by atoms with E-state index in [1.165, 1.54) is 31.5 Å². The molecule has 1 rings (SSSR count). The molecule has 1 nitrogen and oxygen atoms in total. The second-order valence-corrected chi connectivity index (χ2v) is 4.60. The second kappa shape index (κ2) is 4.80. The molecule has 2 atom stereocenters. The monoisotopic (exact) mass is 181 g/mol. The van der Waals surface area contributed by atoms with Crippen LogP contribution in [0.2, 0.25) is 0 Å². The largest absolute Gasteiger partial charge is 0.300 e. The SMILES string of the molecule is C=C(C)CCN1CCCC(C)C1C. The molecule has 0 aromatic heterocycles. The molecule has 1 aliphatic heterocycles. The molecule has 1 saturated heterocycles. The number of hydrogen-bond acceptors (Lipinski definition) is 1. The number of likely N-dealkylation sites (tertiary alicyclic amines) is 1. The fraction of sp³-hybridized carbons (Fsp3) is 0.833. The Bertz CT molecular complexity index is 174. The molecule has 0 radical (unpaired) electrons. The number of rotatable bonds is 3. The molecule has 1 heteroatoms. The lowest BCUT2D eigenvalue weighted by molar-refractivity contribution is 0.115. The van der Waals surface area contributed by atoms with Gasteiger partial charge in [0.25, 0.3) is 0 Å². The van der Waals surface area contributed by atoms with Crippen molar-refractivity contribution in [1.29, 1.82) is 0 Å². The zero-order valence-electron chi connectivity index (χ0n) is 9.34. The molecule has 13 heavy (non-hydrogen) atoms. The van der Waals surface area contributed by atoms with Crippen molar-refractivity contribution in [3.05, 3.63) is 12.2 Å². The molecule has 0 aliphatic carbocycles. The van der Waals surface area contributed by atoms with Gasteiger partial charge in [0, 0.05) is 12.6 Å². The van der Waals surface area contributed by atoms with Gasteiger partial charge in [0.2, 0.25) is 0 Å². The summed E-state index contributed by atoms with van der Waals surface area (Å²) in [4.78, 5) is 2.61. The van der Waals surface area contributed by atoms with Gasteiger partial charge < -0.3 is 4.90 Å². The lowest BCUT2D eigenvalue weighted by Crippen LogP contribution is -2.42. The summed E-state index contributed by atoms with van der Waals surface area (Å²) in [5.41, 5.74) is 1.31. The second-order valence-electron chi connectivity index (χ2n) is 4.60. The van der Waals surface area contributed by atoms with Gasteiger partial charge in [-0.2, -0.15) is 0 Å². The van der Waals surface area contributed by atoms with E-state index in [1.54, 1.807) is 0 Å². The van der Waals surface area contributed by atoms with Crippen molar-refractivity contribution >= 4 is 0 Å². The van der Waals surface area contributed by atoms with E-state index < -0.39 is 0 Å². The zero-order valence-corrected chi connectivity index (χ0v) is 9.34. The first-order valence-electron chi connectivity index (χ1n) is 5.49. The third-order valence-electron chi connectivity index (χ3n) is 3.33. The molecule has 1 fully saturated rings. The molecule has 0 saturated carbocycles. The van der Waals surface area contributed by atoms with Gasteiger partial charge in [-0.1, -0.05) is 12.5 Å². The quantitative estimate of drug-likeness (QED) is 0.605. The van der Waals surface area contributed by atoms with E-state index >= 15 is 0 Å². The minimum Gasteiger partial charge on any atom is -0.300 e. The molecular formula is C12H23N. The highest BCUT2D eigenvalue weighted by atomic mass is 15.2. The van der Waals surface area contributed by atoms with Crippen molar-refractivity contribution in [3.8, 4) is 0 Å². The maximum absolute atomic E-state index is 3.96. The Labute approximate surface area is 82.8 Å². The molecular weight excluding hydrogens is 158 g/mol. The highest BCUT2D eigenvalue weighted by molar-refractivity contribution is 4.90. The van der Waals surface area contributed by atoms with Crippen LogP contribution in [0.4, 0.5) is 0 Å². The summed E-state index contributed by atoms with van der Waals surface area (Å²) in [7, 11) is 0. The molecule has 0 aromatic carbocycles. The van der Waals surface area contributed by atoms with Gasteiger partial charge in [-0.15, -0.1) is 6.58 Å². The molecule has 0 N–H and O–H groups in total. The van der Waals surface area contributed by atoms with E-state index in [-0.39, 0.29) is 0 Å². The van der Waals surface area contributed by atoms with Crippen LogP contribution in [0.3, 0.4) is 0 Å². The Balaban J connectivity index is 2.35. The predicted molar refractivity (Wildman–Crippen MR) is 58.9 cm³/mol. The van der Waals surface area contributed by atoms with Crippen molar-refractivity contribution in [1.82, 2.24) is 4.90 Å². The summed E-state index contributed by atoms with van der Waals surface area (Å²) in [6.45, 7) is 13.3. The van der Waals surface area contributed by atoms with Crippen LogP contribution in [-0.2, 0) is 0 Å². The van der Waals surface area contributed by atoms with Gasteiger partial charge in [0.1, 0.15) is 0 Å². The van der Waals surface area contributed by atoms with Crippen LogP contribution in [0, 0.1) is 5.92 Å². The van der Waals surface area contributed by atoms with Gasteiger partial charge in [0.05, 0.1) is 0 Å². The molecule has 0 bridgehead atoms. The maximum Gasteiger partial charge on any atom is 0.00926 e. The fourth-order valence-corrected chi connectivity index (χ4v) is 2.07. The highest BCUT2D eigenvalue weighted by Gasteiger charge is 2.23.